The van der Waals surface area contributed by atoms with E-state index in [4.69, 9.17) is 0 Å². The molecule has 9 fully saturated rings. The first kappa shape index (κ1) is 63.9. The van der Waals surface area contributed by atoms with Crippen LogP contribution in [0, 0.1) is 53.3 Å². The molecule has 2 atom stereocenters. The summed E-state index contributed by atoms with van der Waals surface area (Å²) in [5.74, 6) is 6.95. The molecule has 10 heteroatoms. The van der Waals surface area contributed by atoms with Gasteiger partial charge in [-0.3, -0.25) is 19.2 Å². The predicted octanol–water partition coefficient (Wildman–Crippen LogP) is 13.7. The van der Waals surface area contributed by atoms with E-state index in [0.717, 1.165) is 140 Å². The van der Waals surface area contributed by atoms with Crippen LogP contribution in [0.4, 0.5) is 4.39 Å². The summed E-state index contributed by atoms with van der Waals surface area (Å²) in [5.41, 5.74) is -1.13. The van der Waals surface area contributed by atoms with E-state index in [9.17, 15) is 23.6 Å². The highest BCUT2D eigenvalue weighted by molar-refractivity contribution is 5.81. The number of likely N-dealkylation sites (N-methyl/N-ethyl adjacent to an activating group) is 1. The number of fused-ring (bicyclic) bond motifs is 2. The van der Waals surface area contributed by atoms with E-state index in [1.165, 1.54) is 77.0 Å². The summed E-state index contributed by atoms with van der Waals surface area (Å²) >= 11 is 0. The van der Waals surface area contributed by atoms with Gasteiger partial charge in [0, 0.05) is 75.5 Å². The SMILES string of the molecule is CC.CC.CC.CC.CC1CCC(C(=O)N2CC(C)(F)C2)CC1.CC1CCC(C(=O)N2CCCCC2)CC1.CC1CCC(C(=O)N2CCN(C)CC2)CC1.CC1CCC(C(=O)N2C[C@H]3CC[C@@H]2C3)CC1. The summed E-state index contributed by atoms with van der Waals surface area (Å²) in [5, 5.41) is 0. The molecule has 0 spiro atoms. The van der Waals surface area contributed by atoms with E-state index in [-0.39, 0.29) is 11.8 Å². The number of piperidine rings is 2. The fourth-order valence-electron chi connectivity index (χ4n) is 12.3. The van der Waals surface area contributed by atoms with Crippen LogP contribution >= 0.6 is 0 Å². The van der Waals surface area contributed by atoms with Crippen molar-refractivity contribution in [1.82, 2.24) is 24.5 Å². The van der Waals surface area contributed by atoms with Crippen LogP contribution in [-0.4, -0.2) is 126 Å². The zero-order valence-corrected chi connectivity index (χ0v) is 48.4. The van der Waals surface area contributed by atoms with Crippen LogP contribution in [0.3, 0.4) is 0 Å². The Labute approximate surface area is 432 Å². The Hall–Kier alpha value is -2.23. The summed E-state index contributed by atoms with van der Waals surface area (Å²) < 4.78 is 13.3. The molecule has 410 valence electrons. The molecule has 0 aromatic rings. The Morgan fingerprint density at radius 1 is 0.414 bits per heavy atom. The minimum Gasteiger partial charge on any atom is -0.342 e. The van der Waals surface area contributed by atoms with E-state index in [2.05, 4.69) is 54.3 Å². The Kier molecular flexibility index (Phi) is 31.3. The molecule has 5 saturated carbocycles. The van der Waals surface area contributed by atoms with Crippen LogP contribution < -0.4 is 0 Å². The van der Waals surface area contributed by atoms with E-state index < -0.39 is 5.67 Å². The molecule has 0 radical (unpaired) electrons. The molecule has 9 nitrogen and oxygen atoms in total. The van der Waals surface area contributed by atoms with Crippen LogP contribution in [-0.2, 0) is 19.2 Å². The van der Waals surface area contributed by atoms with Crippen molar-refractivity contribution >= 4 is 23.6 Å². The topological polar surface area (TPSA) is 84.5 Å². The van der Waals surface area contributed by atoms with Gasteiger partial charge in [-0.1, -0.05) is 83.1 Å². The standard InChI is InChI=1S/C14H23NO.C13H24N2O.C13H23NO.C12H20FNO.4C2H6/c1-10-2-5-12(6-3-10)14(16)15-9-11-4-7-13(15)8-11;1-11-3-5-12(6-4-11)13(16)15-9-7-14(2)8-10-15;1-11-5-7-12(8-6-11)13(15)14-9-3-2-4-10-14;1-9-3-5-10(6-4-9)11(15)14-7-12(2,13)8-14;4*1-2/h10-13H,2-9H2,1H3;11-12H,3-10H2,1-2H3;11-12H,2-10H2,1H3;9-10H,3-8H2,1-2H3;4*1-2H3/t10?,11-,12?,13+;;;;;;;/m0......./s1. The first-order valence-corrected chi connectivity index (χ1v) is 30.2. The van der Waals surface area contributed by atoms with Crippen molar-refractivity contribution in [2.75, 3.05) is 66.0 Å². The second kappa shape index (κ2) is 34.3. The number of halogens is 1. The summed E-state index contributed by atoms with van der Waals surface area (Å²) in [6, 6.07) is 0.622. The van der Waals surface area contributed by atoms with Gasteiger partial charge in [0.15, 0.2) is 0 Å². The number of hydrogen-bond donors (Lipinski definition) is 0. The van der Waals surface area contributed by atoms with Crippen molar-refractivity contribution in [3.63, 3.8) is 0 Å². The molecule has 0 aromatic carbocycles. The van der Waals surface area contributed by atoms with Gasteiger partial charge in [-0.05, 0) is 185 Å². The molecule has 0 N–H and O–H groups in total. The lowest BCUT2D eigenvalue weighted by molar-refractivity contribution is -0.149. The lowest BCUT2D eigenvalue weighted by Crippen LogP contribution is -2.60. The molecule has 4 aliphatic heterocycles. The maximum Gasteiger partial charge on any atom is 0.225 e. The van der Waals surface area contributed by atoms with Crippen LogP contribution in [0.5, 0.6) is 0 Å². The molecule has 5 aliphatic carbocycles. The lowest BCUT2D eigenvalue weighted by atomic mass is 9.81. The van der Waals surface area contributed by atoms with Crippen molar-refractivity contribution in [3.8, 4) is 0 Å². The van der Waals surface area contributed by atoms with Crippen molar-refractivity contribution in [3.05, 3.63) is 0 Å². The number of piperazine rings is 1. The van der Waals surface area contributed by atoms with Crippen LogP contribution in [0.1, 0.15) is 231 Å². The van der Waals surface area contributed by atoms with Gasteiger partial charge in [-0.15, -0.1) is 0 Å². The fraction of sp³-hybridized carbons (Fsp3) is 0.933. The Morgan fingerprint density at radius 2 is 0.743 bits per heavy atom. The van der Waals surface area contributed by atoms with Gasteiger partial charge in [-0.2, -0.15) is 0 Å². The number of amides is 4. The highest BCUT2D eigenvalue weighted by Crippen LogP contribution is 2.40. The second-order valence-corrected chi connectivity index (χ2v) is 22.8. The molecule has 4 heterocycles. The number of hydrogen-bond acceptors (Lipinski definition) is 5. The number of carbonyl (C=O) groups excluding carboxylic acids is 4. The molecule has 9 rings (SSSR count). The molecule has 4 saturated heterocycles. The smallest absolute Gasteiger partial charge is 0.225 e. The highest BCUT2D eigenvalue weighted by Gasteiger charge is 2.44. The quantitative estimate of drug-likeness (QED) is 0.280. The van der Waals surface area contributed by atoms with E-state index in [1.807, 2.05) is 55.4 Å². The maximum absolute atomic E-state index is 13.3. The Morgan fingerprint density at radius 3 is 1.06 bits per heavy atom. The van der Waals surface area contributed by atoms with Gasteiger partial charge in [-0.25, -0.2) is 4.39 Å². The van der Waals surface area contributed by atoms with Gasteiger partial charge >= 0.3 is 0 Å². The normalized spacial score (nSPS) is 32.0. The van der Waals surface area contributed by atoms with Crippen molar-refractivity contribution in [2.45, 2.75) is 243 Å². The van der Waals surface area contributed by atoms with Crippen molar-refractivity contribution < 1.29 is 23.6 Å². The van der Waals surface area contributed by atoms with Crippen LogP contribution in [0.2, 0.25) is 0 Å². The zero-order valence-electron chi connectivity index (χ0n) is 48.4. The average Bonchev–Trinajstić information content (AvgIpc) is 4.04. The second-order valence-electron chi connectivity index (χ2n) is 22.8. The average molecular weight is 989 g/mol. The Bertz CT molecular complexity index is 1380. The third kappa shape index (κ3) is 20.9. The number of likely N-dealkylation sites (tertiary alicyclic amines) is 3. The van der Waals surface area contributed by atoms with E-state index in [1.54, 1.807) is 11.8 Å². The summed E-state index contributed by atoms with van der Waals surface area (Å²) in [7, 11) is 2.13. The van der Waals surface area contributed by atoms with Crippen molar-refractivity contribution in [1.29, 1.82) is 0 Å². The first-order valence-electron chi connectivity index (χ1n) is 30.2. The molecular formula is C60H114FN5O4. The number of nitrogens with zero attached hydrogens (tertiary/aromatic N) is 5. The minimum atomic E-state index is -1.13. The van der Waals surface area contributed by atoms with Gasteiger partial charge in [0.2, 0.25) is 23.6 Å². The molecule has 9 aliphatic rings. The fourth-order valence-corrected chi connectivity index (χ4v) is 12.3. The summed E-state index contributed by atoms with van der Waals surface area (Å²) in [6.07, 6.45) is 26.3. The number of carbonyl (C=O) groups is 4. The largest absolute Gasteiger partial charge is 0.342 e. The van der Waals surface area contributed by atoms with Crippen molar-refractivity contribution in [2.24, 2.45) is 53.3 Å². The van der Waals surface area contributed by atoms with Crippen LogP contribution in [0.25, 0.3) is 0 Å². The molecule has 4 amide bonds. The lowest BCUT2D eigenvalue weighted by Gasteiger charge is -2.44. The zero-order chi connectivity index (χ0) is 52.4. The minimum absolute atomic E-state index is 0.178. The molecule has 0 aromatic heterocycles. The van der Waals surface area contributed by atoms with E-state index in [0.29, 0.717) is 54.6 Å². The number of rotatable bonds is 4. The number of alkyl halides is 1. The van der Waals surface area contributed by atoms with E-state index >= 15 is 0 Å². The molecule has 70 heavy (non-hydrogen) atoms. The van der Waals surface area contributed by atoms with Gasteiger partial charge in [0.05, 0.1) is 13.1 Å². The monoisotopic (exact) mass is 988 g/mol. The van der Waals surface area contributed by atoms with Gasteiger partial charge < -0.3 is 24.5 Å². The highest BCUT2D eigenvalue weighted by atomic mass is 19.1. The van der Waals surface area contributed by atoms with Gasteiger partial charge in [0.1, 0.15) is 5.67 Å². The first-order chi connectivity index (χ1) is 33.7. The Balaban J connectivity index is 0.000000305. The maximum atomic E-state index is 13.3. The molecule has 0 unspecified atom stereocenters. The molecule has 2 bridgehead atoms. The summed E-state index contributed by atoms with van der Waals surface area (Å²) in [4.78, 5) is 59.2. The molecular weight excluding hydrogens is 874 g/mol. The predicted molar refractivity (Wildman–Crippen MR) is 293 cm³/mol. The third-order valence-electron chi connectivity index (χ3n) is 17.0. The summed E-state index contributed by atoms with van der Waals surface area (Å²) in [6.45, 7) is 34.4. The third-order valence-corrected chi connectivity index (χ3v) is 17.0. The van der Waals surface area contributed by atoms with Gasteiger partial charge in [0.25, 0.3) is 0 Å². The van der Waals surface area contributed by atoms with Crippen LogP contribution in [0.15, 0.2) is 0 Å².